The van der Waals surface area contributed by atoms with E-state index >= 15 is 0 Å². The smallest absolute Gasteiger partial charge is 0.291 e. The molecular weight excluding hydrogens is 505 g/mol. The second-order valence-electron chi connectivity index (χ2n) is 7.54. The first-order valence-corrected chi connectivity index (χ1v) is 11.1. The molecule has 0 aliphatic heterocycles. The number of hydrogen-bond acceptors (Lipinski definition) is 4. The summed E-state index contributed by atoms with van der Waals surface area (Å²) in [5.41, 5.74) is 7.22. The van der Waals surface area contributed by atoms with Crippen molar-refractivity contribution in [2.75, 3.05) is 5.32 Å². The normalized spacial score (nSPS) is 14.2. The molecule has 0 spiro atoms. The molecule has 2 aromatic carbocycles. The van der Waals surface area contributed by atoms with Crippen LogP contribution in [0.5, 0.6) is 0 Å². The Bertz CT molecular complexity index is 1180. The lowest BCUT2D eigenvalue weighted by Gasteiger charge is -2.13. The van der Waals surface area contributed by atoms with Crippen molar-refractivity contribution in [2.45, 2.75) is 33.1 Å². The summed E-state index contributed by atoms with van der Waals surface area (Å²) in [6.07, 6.45) is 2.29. The highest BCUT2D eigenvalue weighted by molar-refractivity contribution is 14.1. The molecule has 0 atom stereocenters. The van der Waals surface area contributed by atoms with Gasteiger partial charge in [0.25, 0.3) is 11.8 Å². The van der Waals surface area contributed by atoms with Crippen LogP contribution in [0.4, 0.5) is 5.69 Å². The summed E-state index contributed by atoms with van der Waals surface area (Å²) < 4.78 is 7.02. The van der Waals surface area contributed by atoms with E-state index in [-0.39, 0.29) is 17.6 Å². The van der Waals surface area contributed by atoms with E-state index in [2.05, 4.69) is 38.4 Å². The molecule has 7 heteroatoms. The van der Waals surface area contributed by atoms with E-state index in [0.717, 1.165) is 44.6 Å². The summed E-state index contributed by atoms with van der Waals surface area (Å²) >= 11 is 2.22. The van der Waals surface area contributed by atoms with Gasteiger partial charge in [0.1, 0.15) is 5.76 Å². The molecule has 1 heterocycles. The van der Waals surface area contributed by atoms with E-state index in [0.29, 0.717) is 17.7 Å². The summed E-state index contributed by atoms with van der Waals surface area (Å²) in [5.74, 6) is 0.459. The van der Waals surface area contributed by atoms with Crippen molar-refractivity contribution in [1.82, 2.24) is 5.43 Å². The number of halogens is 1. The fourth-order valence-electron chi connectivity index (χ4n) is 3.69. The summed E-state index contributed by atoms with van der Waals surface area (Å²) in [4.78, 5) is 25.3. The number of hydrazone groups is 1. The van der Waals surface area contributed by atoms with Crippen LogP contribution in [-0.4, -0.2) is 17.5 Å². The maximum absolute atomic E-state index is 12.8. The molecule has 0 bridgehead atoms. The Labute approximate surface area is 194 Å². The predicted molar refractivity (Wildman–Crippen MR) is 129 cm³/mol. The van der Waals surface area contributed by atoms with E-state index in [4.69, 9.17) is 4.42 Å². The Morgan fingerprint density at radius 1 is 1.03 bits per heavy atom. The van der Waals surface area contributed by atoms with Gasteiger partial charge in [0.2, 0.25) is 0 Å². The molecule has 6 nitrogen and oxygen atoms in total. The Balaban J connectivity index is 1.56. The number of nitrogens with one attached hydrogen (secondary N) is 2. The van der Waals surface area contributed by atoms with E-state index in [1.165, 1.54) is 0 Å². The minimum absolute atomic E-state index is 0.263. The molecule has 2 amide bonds. The third kappa shape index (κ3) is 4.71. The van der Waals surface area contributed by atoms with Crippen molar-refractivity contribution < 1.29 is 14.0 Å². The Hall–Kier alpha value is -2.94. The van der Waals surface area contributed by atoms with Crippen LogP contribution in [0.1, 0.15) is 56.2 Å². The molecular formula is C24H22IN3O3. The van der Waals surface area contributed by atoms with Gasteiger partial charge in [0.05, 0.1) is 5.71 Å². The lowest BCUT2D eigenvalue weighted by molar-refractivity contribution is 0.0953. The lowest BCUT2D eigenvalue weighted by Crippen LogP contribution is -2.22. The zero-order valence-electron chi connectivity index (χ0n) is 17.3. The van der Waals surface area contributed by atoms with Crippen LogP contribution in [0.15, 0.2) is 58.0 Å². The molecule has 3 aromatic rings. The quantitative estimate of drug-likeness (QED) is 0.361. The minimum Gasteiger partial charge on any atom is -0.455 e. The Morgan fingerprint density at radius 3 is 2.55 bits per heavy atom. The van der Waals surface area contributed by atoms with Gasteiger partial charge < -0.3 is 9.73 Å². The largest absolute Gasteiger partial charge is 0.455 e. The average Bonchev–Trinajstić information content (AvgIpc) is 3.11. The number of carbonyl (C=O) groups excluding carboxylic acids is 2. The molecule has 4 rings (SSSR count). The zero-order chi connectivity index (χ0) is 22.0. The van der Waals surface area contributed by atoms with Crippen molar-refractivity contribution in [3.63, 3.8) is 0 Å². The number of amides is 2. The second-order valence-corrected chi connectivity index (χ2v) is 8.78. The standard InChI is InChI=1S/C24H22IN3O3/c1-14-5-3-6-16(13-14)23(29)28-27-19-7-4-8-20-21(19)15(2)22(31-20)24(30)26-18-11-9-17(25)10-12-18/h3,5-6,9-13H,4,7-8H2,1-2H3,(H,26,30)(H,28,29)/b27-19+. The van der Waals surface area contributed by atoms with E-state index in [9.17, 15) is 9.59 Å². The third-order valence-corrected chi connectivity index (χ3v) is 5.93. The summed E-state index contributed by atoms with van der Waals surface area (Å²) in [7, 11) is 0. The second kappa shape index (κ2) is 9.05. The van der Waals surface area contributed by atoms with Gasteiger partial charge in [-0.25, -0.2) is 5.43 Å². The molecule has 0 fully saturated rings. The average molecular weight is 527 g/mol. The Morgan fingerprint density at radius 2 is 1.81 bits per heavy atom. The fraction of sp³-hybridized carbons (Fsp3) is 0.208. The van der Waals surface area contributed by atoms with Gasteiger partial charge in [-0.1, -0.05) is 17.7 Å². The molecule has 1 aliphatic carbocycles. The van der Waals surface area contributed by atoms with Crippen LogP contribution in [-0.2, 0) is 6.42 Å². The number of rotatable bonds is 4. The minimum atomic E-state index is -0.295. The van der Waals surface area contributed by atoms with Crippen LogP contribution in [0, 0.1) is 17.4 Å². The molecule has 31 heavy (non-hydrogen) atoms. The van der Waals surface area contributed by atoms with Gasteiger partial charge in [0, 0.05) is 32.4 Å². The zero-order valence-corrected chi connectivity index (χ0v) is 19.4. The van der Waals surface area contributed by atoms with Gasteiger partial charge in [-0.2, -0.15) is 5.10 Å². The molecule has 0 saturated carbocycles. The molecule has 2 N–H and O–H groups in total. The number of furan rings is 1. The molecule has 0 unspecified atom stereocenters. The number of anilines is 1. The first-order chi connectivity index (χ1) is 14.9. The van der Waals surface area contributed by atoms with Crippen molar-refractivity contribution in [3.8, 4) is 0 Å². The third-order valence-electron chi connectivity index (χ3n) is 5.21. The maximum atomic E-state index is 12.8. The van der Waals surface area contributed by atoms with Crippen LogP contribution in [0.2, 0.25) is 0 Å². The number of fused-ring (bicyclic) bond motifs is 1. The van der Waals surface area contributed by atoms with Crippen LogP contribution < -0.4 is 10.7 Å². The first kappa shape index (κ1) is 21.3. The van der Waals surface area contributed by atoms with E-state index in [1.807, 2.05) is 56.3 Å². The number of carbonyl (C=O) groups is 2. The molecule has 0 saturated heterocycles. The molecule has 1 aromatic heterocycles. The Kier molecular flexibility index (Phi) is 6.22. The van der Waals surface area contributed by atoms with Crippen molar-refractivity contribution in [3.05, 3.63) is 85.9 Å². The first-order valence-electron chi connectivity index (χ1n) is 10.1. The number of hydrogen-bond donors (Lipinski definition) is 2. The topological polar surface area (TPSA) is 83.7 Å². The van der Waals surface area contributed by atoms with Crippen LogP contribution in [0.3, 0.4) is 0 Å². The fourth-order valence-corrected chi connectivity index (χ4v) is 4.05. The van der Waals surface area contributed by atoms with Crippen LogP contribution in [0.25, 0.3) is 0 Å². The van der Waals surface area contributed by atoms with Crippen molar-refractivity contribution >= 4 is 45.8 Å². The van der Waals surface area contributed by atoms with Gasteiger partial charge in [0.15, 0.2) is 5.76 Å². The number of aryl methyl sites for hydroxylation is 2. The highest BCUT2D eigenvalue weighted by atomic mass is 127. The molecule has 1 aliphatic rings. The van der Waals surface area contributed by atoms with Crippen molar-refractivity contribution in [2.24, 2.45) is 5.10 Å². The van der Waals surface area contributed by atoms with Gasteiger partial charge in [-0.15, -0.1) is 0 Å². The van der Waals surface area contributed by atoms with Crippen LogP contribution >= 0.6 is 22.6 Å². The monoisotopic (exact) mass is 527 g/mol. The molecule has 0 radical (unpaired) electrons. The lowest BCUT2D eigenvalue weighted by atomic mass is 9.93. The SMILES string of the molecule is Cc1cccc(C(=O)N/N=C2\CCCc3oc(C(=O)Nc4ccc(I)cc4)c(C)c32)c1. The number of benzene rings is 2. The summed E-state index contributed by atoms with van der Waals surface area (Å²) in [5, 5.41) is 7.26. The van der Waals surface area contributed by atoms with Gasteiger partial charge in [-0.3, -0.25) is 9.59 Å². The summed E-state index contributed by atoms with van der Waals surface area (Å²) in [6.45, 7) is 3.79. The molecule has 158 valence electrons. The summed E-state index contributed by atoms with van der Waals surface area (Å²) in [6, 6.07) is 14.9. The van der Waals surface area contributed by atoms with Crippen molar-refractivity contribution in [1.29, 1.82) is 0 Å². The predicted octanol–water partition coefficient (Wildman–Crippen LogP) is 5.22. The number of nitrogens with zero attached hydrogens (tertiary/aromatic N) is 1. The van der Waals surface area contributed by atoms with E-state index < -0.39 is 0 Å². The van der Waals surface area contributed by atoms with E-state index in [1.54, 1.807) is 6.07 Å². The highest BCUT2D eigenvalue weighted by Gasteiger charge is 2.28. The maximum Gasteiger partial charge on any atom is 0.291 e. The van der Waals surface area contributed by atoms with Gasteiger partial charge in [-0.05, 0) is 85.7 Å². The van der Waals surface area contributed by atoms with Gasteiger partial charge >= 0.3 is 0 Å². The highest BCUT2D eigenvalue weighted by Crippen LogP contribution is 2.30.